The zero-order chi connectivity index (χ0) is 13.7. The van der Waals surface area contributed by atoms with Crippen LogP contribution >= 0.6 is 0 Å². The number of nitrogens with zero attached hydrogens (tertiary/aromatic N) is 1. The molecule has 1 heterocycles. The first-order chi connectivity index (χ1) is 8.51. The van der Waals surface area contributed by atoms with Crippen molar-refractivity contribution in [2.24, 2.45) is 0 Å². The minimum Gasteiger partial charge on any atom is -0.467 e. The highest BCUT2D eigenvalue weighted by Crippen LogP contribution is 2.21. The third-order valence-corrected chi connectivity index (χ3v) is 2.45. The molecule has 1 rings (SSSR count). The Morgan fingerprint density at radius 3 is 2.72 bits per heavy atom. The second kappa shape index (κ2) is 5.99. The molecule has 1 aliphatic rings. The molecule has 1 N–H and O–H groups in total. The highest BCUT2D eigenvalue weighted by molar-refractivity contribution is 5.87. The van der Waals surface area contributed by atoms with E-state index in [1.54, 1.807) is 6.92 Å². The Hall–Kier alpha value is -2.12. The molecular weight excluding hydrogens is 244 g/mol. The number of hydrogen-bond donors (Lipinski definition) is 1. The fourth-order valence-corrected chi connectivity index (χ4v) is 1.66. The van der Waals surface area contributed by atoms with Crippen LogP contribution < -0.4 is 5.32 Å². The summed E-state index contributed by atoms with van der Waals surface area (Å²) in [5, 5.41) is 13.5. The molecule has 0 amide bonds. The summed E-state index contributed by atoms with van der Waals surface area (Å²) >= 11 is 0. The monoisotopic (exact) mass is 258 g/mol. The van der Waals surface area contributed by atoms with Crippen LogP contribution in [0.5, 0.6) is 0 Å². The average molecular weight is 258 g/mol. The highest BCUT2D eigenvalue weighted by Gasteiger charge is 2.36. The quantitative estimate of drug-likeness (QED) is 0.326. The topological polar surface area (TPSA) is 108 Å². The first-order valence-electron chi connectivity index (χ1n) is 5.40. The Morgan fingerprint density at radius 1 is 1.56 bits per heavy atom. The first kappa shape index (κ1) is 13.9. The maximum Gasteiger partial charge on any atom is 0.411 e. The van der Waals surface area contributed by atoms with Crippen LogP contribution in [0, 0.1) is 10.1 Å². The zero-order valence-electron chi connectivity index (χ0n) is 10.1. The smallest absolute Gasteiger partial charge is 0.411 e. The molecular formula is C10H14N2O6. The molecule has 0 aliphatic carbocycles. The maximum absolute atomic E-state index is 11.4. The number of carbonyl (C=O) groups excluding carboxylic acids is 2. The van der Waals surface area contributed by atoms with Crippen molar-refractivity contribution in [2.45, 2.75) is 25.8 Å². The van der Waals surface area contributed by atoms with E-state index in [1.165, 1.54) is 7.11 Å². The largest absolute Gasteiger partial charge is 0.467 e. The van der Waals surface area contributed by atoms with Gasteiger partial charge in [-0.1, -0.05) is 0 Å². The molecule has 1 saturated heterocycles. The lowest BCUT2D eigenvalue weighted by Gasteiger charge is -2.08. The Kier molecular flexibility index (Phi) is 4.64. The molecule has 0 aromatic heterocycles. The normalized spacial score (nSPS) is 20.9. The van der Waals surface area contributed by atoms with Crippen molar-refractivity contribution in [1.29, 1.82) is 0 Å². The second-order valence-corrected chi connectivity index (χ2v) is 3.56. The molecule has 0 aromatic rings. The molecule has 1 fully saturated rings. The van der Waals surface area contributed by atoms with Crippen molar-refractivity contribution in [1.82, 2.24) is 5.32 Å². The van der Waals surface area contributed by atoms with Crippen LogP contribution in [-0.2, 0) is 19.1 Å². The van der Waals surface area contributed by atoms with E-state index in [-0.39, 0.29) is 18.7 Å². The molecule has 0 aromatic carbocycles. The van der Waals surface area contributed by atoms with Gasteiger partial charge < -0.3 is 14.8 Å². The van der Waals surface area contributed by atoms with E-state index in [4.69, 9.17) is 0 Å². The SMILES string of the molecule is CCOC(=O)C(=C1CCC(C(=O)OC)N1)[N+](=O)[O-]. The van der Waals surface area contributed by atoms with Crippen molar-refractivity contribution in [3.8, 4) is 0 Å². The van der Waals surface area contributed by atoms with E-state index in [2.05, 4.69) is 14.8 Å². The van der Waals surface area contributed by atoms with Gasteiger partial charge in [0.2, 0.25) is 0 Å². The van der Waals surface area contributed by atoms with E-state index >= 15 is 0 Å². The summed E-state index contributed by atoms with van der Waals surface area (Å²) in [7, 11) is 1.23. The molecule has 18 heavy (non-hydrogen) atoms. The van der Waals surface area contributed by atoms with Crippen LogP contribution in [-0.4, -0.2) is 36.6 Å². The summed E-state index contributed by atoms with van der Waals surface area (Å²) in [6, 6.07) is -0.658. The Labute approximate surface area is 103 Å². The lowest BCUT2D eigenvalue weighted by atomic mass is 10.2. The molecule has 0 bridgehead atoms. The number of hydrogen-bond acceptors (Lipinski definition) is 7. The van der Waals surface area contributed by atoms with E-state index in [9.17, 15) is 19.7 Å². The summed E-state index contributed by atoms with van der Waals surface area (Å²) in [6.45, 7) is 1.60. The van der Waals surface area contributed by atoms with Gasteiger partial charge in [0.05, 0.1) is 24.3 Å². The Morgan fingerprint density at radius 2 is 2.22 bits per heavy atom. The van der Waals surface area contributed by atoms with Gasteiger partial charge in [-0.3, -0.25) is 10.1 Å². The average Bonchev–Trinajstić information content (AvgIpc) is 2.77. The predicted octanol–water partition coefficient (Wildman–Crippen LogP) is -0.0372. The fourth-order valence-electron chi connectivity index (χ4n) is 1.66. The Bertz CT molecular complexity index is 403. The van der Waals surface area contributed by atoms with E-state index < -0.39 is 28.6 Å². The number of rotatable bonds is 4. The number of esters is 2. The number of nitrogens with one attached hydrogen (secondary N) is 1. The van der Waals surface area contributed by atoms with E-state index in [0.29, 0.717) is 6.42 Å². The van der Waals surface area contributed by atoms with Gasteiger partial charge in [-0.05, 0) is 19.8 Å². The minimum atomic E-state index is -1.00. The minimum absolute atomic E-state index is 0.0455. The van der Waals surface area contributed by atoms with Gasteiger partial charge in [-0.25, -0.2) is 9.59 Å². The summed E-state index contributed by atoms with van der Waals surface area (Å²) < 4.78 is 9.13. The second-order valence-electron chi connectivity index (χ2n) is 3.56. The summed E-state index contributed by atoms with van der Waals surface area (Å²) in [4.78, 5) is 32.7. The third kappa shape index (κ3) is 2.96. The number of carbonyl (C=O) groups is 2. The summed E-state index contributed by atoms with van der Waals surface area (Å²) in [5.41, 5.74) is -0.544. The number of ether oxygens (including phenoxy) is 2. The van der Waals surface area contributed by atoms with Crippen LogP contribution in [0.2, 0.25) is 0 Å². The maximum atomic E-state index is 11.4. The molecule has 1 atom stereocenters. The predicted molar refractivity (Wildman–Crippen MR) is 58.8 cm³/mol. The van der Waals surface area contributed by atoms with Crippen molar-refractivity contribution in [3.63, 3.8) is 0 Å². The van der Waals surface area contributed by atoms with Gasteiger partial charge >= 0.3 is 17.6 Å². The number of methoxy groups -OCH3 is 1. The zero-order valence-corrected chi connectivity index (χ0v) is 10.1. The van der Waals surface area contributed by atoms with E-state index in [0.717, 1.165) is 0 Å². The fraction of sp³-hybridized carbons (Fsp3) is 0.600. The lowest BCUT2D eigenvalue weighted by Crippen LogP contribution is -2.32. The molecule has 8 nitrogen and oxygen atoms in total. The Balaban J connectivity index is 2.92. The van der Waals surface area contributed by atoms with Crippen molar-refractivity contribution >= 4 is 11.9 Å². The van der Waals surface area contributed by atoms with Crippen LogP contribution in [0.15, 0.2) is 11.4 Å². The molecule has 1 unspecified atom stereocenters. The first-order valence-corrected chi connectivity index (χ1v) is 5.40. The van der Waals surface area contributed by atoms with Crippen LogP contribution in [0.1, 0.15) is 19.8 Å². The van der Waals surface area contributed by atoms with Crippen LogP contribution in [0.3, 0.4) is 0 Å². The molecule has 0 radical (unpaired) electrons. The van der Waals surface area contributed by atoms with Crippen LogP contribution in [0.25, 0.3) is 0 Å². The van der Waals surface area contributed by atoms with Gasteiger partial charge in [0, 0.05) is 0 Å². The summed E-state index contributed by atoms with van der Waals surface area (Å²) in [6.07, 6.45) is 0.577. The lowest BCUT2D eigenvalue weighted by molar-refractivity contribution is -0.422. The molecule has 100 valence electrons. The van der Waals surface area contributed by atoms with Gasteiger partial charge in [0.1, 0.15) is 6.04 Å². The van der Waals surface area contributed by atoms with Crippen molar-refractivity contribution < 1.29 is 24.0 Å². The van der Waals surface area contributed by atoms with Crippen molar-refractivity contribution in [2.75, 3.05) is 13.7 Å². The van der Waals surface area contributed by atoms with Gasteiger partial charge in [0.15, 0.2) is 0 Å². The van der Waals surface area contributed by atoms with Gasteiger partial charge in [-0.15, -0.1) is 0 Å². The third-order valence-electron chi connectivity index (χ3n) is 2.45. The van der Waals surface area contributed by atoms with Crippen LogP contribution in [0.4, 0.5) is 0 Å². The number of allylic oxidation sites excluding steroid dienone is 1. The molecule has 0 saturated carbocycles. The van der Waals surface area contributed by atoms with Gasteiger partial charge in [-0.2, -0.15) is 0 Å². The number of nitro groups is 1. The summed E-state index contributed by atoms with van der Waals surface area (Å²) in [5.74, 6) is -1.52. The molecule has 0 spiro atoms. The van der Waals surface area contributed by atoms with Crippen molar-refractivity contribution in [3.05, 3.63) is 21.5 Å². The highest BCUT2D eigenvalue weighted by atomic mass is 16.6. The standard InChI is InChI=1S/C10H14N2O6/c1-3-18-10(14)8(12(15)16)6-4-5-7(11-6)9(13)17-2/h7,11H,3-5H2,1-2H3. The molecule has 8 heteroatoms. The van der Waals surface area contributed by atoms with Gasteiger partial charge in [0.25, 0.3) is 0 Å². The molecule has 1 aliphatic heterocycles. The van der Waals surface area contributed by atoms with E-state index in [1.807, 2.05) is 0 Å².